The lowest BCUT2D eigenvalue weighted by atomic mass is 10.1. The molecule has 2 rings (SSSR count). The van der Waals surface area contributed by atoms with E-state index in [-0.39, 0.29) is 6.61 Å². The monoisotopic (exact) mass is 262 g/mol. The molecule has 2 nitrogen and oxygen atoms in total. The Morgan fingerprint density at radius 2 is 1.89 bits per heavy atom. The SMILES string of the molecule is Cc1cc(Cl)ccc1OC[C@H](O)c1ccccc1. The normalized spacial score (nSPS) is 12.2. The summed E-state index contributed by atoms with van der Waals surface area (Å²) < 4.78 is 5.60. The molecule has 0 heterocycles. The fourth-order valence-electron chi connectivity index (χ4n) is 1.71. The van der Waals surface area contributed by atoms with Crippen LogP contribution in [-0.4, -0.2) is 11.7 Å². The number of benzene rings is 2. The number of aliphatic hydroxyl groups is 1. The maximum atomic E-state index is 9.98. The second-order valence-corrected chi connectivity index (χ2v) is 4.58. The van der Waals surface area contributed by atoms with Crippen LogP contribution in [0.4, 0.5) is 0 Å². The molecule has 18 heavy (non-hydrogen) atoms. The second kappa shape index (κ2) is 5.89. The van der Waals surface area contributed by atoms with E-state index in [1.165, 1.54) is 0 Å². The molecule has 0 bridgehead atoms. The van der Waals surface area contributed by atoms with Crippen LogP contribution in [0.3, 0.4) is 0 Å². The van der Waals surface area contributed by atoms with Gasteiger partial charge >= 0.3 is 0 Å². The van der Waals surface area contributed by atoms with Crippen LogP contribution >= 0.6 is 11.6 Å². The third-order valence-electron chi connectivity index (χ3n) is 2.72. The molecule has 2 aromatic carbocycles. The van der Waals surface area contributed by atoms with Gasteiger partial charge in [-0.3, -0.25) is 0 Å². The number of hydrogen-bond acceptors (Lipinski definition) is 2. The minimum absolute atomic E-state index is 0.229. The Morgan fingerprint density at radius 1 is 1.17 bits per heavy atom. The zero-order valence-corrected chi connectivity index (χ0v) is 10.9. The van der Waals surface area contributed by atoms with Crippen molar-refractivity contribution in [2.45, 2.75) is 13.0 Å². The Hall–Kier alpha value is -1.51. The van der Waals surface area contributed by atoms with E-state index in [1.807, 2.05) is 49.4 Å². The standard InChI is InChI=1S/C15H15ClO2/c1-11-9-13(16)7-8-15(11)18-10-14(17)12-5-3-2-4-6-12/h2-9,14,17H,10H2,1H3/t14-/m0/s1. The molecule has 0 aliphatic heterocycles. The van der Waals surface area contributed by atoms with E-state index in [0.29, 0.717) is 5.02 Å². The molecule has 0 amide bonds. The molecule has 0 saturated heterocycles. The number of ether oxygens (including phenoxy) is 1. The molecular formula is C15H15ClO2. The highest BCUT2D eigenvalue weighted by atomic mass is 35.5. The van der Waals surface area contributed by atoms with Gasteiger partial charge in [-0.25, -0.2) is 0 Å². The van der Waals surface area contributed by atoms with Gasteiger partial charge in [0.15, 0.2) is 0 Å². The third kappa shape index (κ3) is 3.25. The van der Waals surface area contributed by atoms with Gasteiger partial charge in [-0.05, 0) is 36.2 Å². The van der Waals surface area contributed by atoms with E-state index in [9.17, 15) is 5.11 Å². The summed E-state index contributed by atoms with van der Waals surface area (Å²) in [5.74, 6) is 0.745. The Bertz CT molecular complexity index is 511. The van der Waals surface area contributed by atoms with Crippen LogP contribution in [0.15, 0.2) is 48.5 Å². The summed E-state index contributed by atoms with van der Waals surface area (Å²) in [5, 5.41) is 10.7. The number of rotatable bonds is 4. The molecule has 1 atom stereocenters. The quantitative estimate of drug-likeness (QED) is 0.909. The first-order valence-corrected chi connectivity index (χ1v) is 6.16. The van der Waals surface area contributed by atoms with Gasteiger partial charge in [0.25, 0.3) is 0 Å². The molecule has 0 aliphatic rings. The van der Waals surface area contributed by atoms with Crippen LogP contribution in [-0.2, 0) is 0 Å². The Labute approximate surface area is 112 Å². The van der Waals surface area contributed by atoms with Crippen molar-refractivity contribution in [2.24, 2.45) is 0 Å². The van der Waals surface area contributed by atoms with Gasteiger partial charge in [0.05, 0.1) is 0 Å². The van der Waals surface area contributed by atoms with Crippen molar-refractivity contribution >= 4 is 11.6 Å². The molecule has 0 unspecified atom stereocenters. The summed E-state index contributed by atoms with van der Waals surface area (Å²) in [4.78, 5) is 0. The van der Waals surface area contributed by atoms with Gasteiger partial charge in [0.2, 0.25) is 0 Å². The van der Waals surface area contributed by atoms with Crippen molar-refractivity contribution in [1.29, 1.82) is 0 Å². The lowest BCUT2D eigenvalue weighted by molar-refractivity contribution is 0.108. The highest BCUT2D eigenvalue weighted by Crippen LogP contribution is 2.23. The third-order valence-corrected chi connectivity index (χ3v) is 2.95. The minimum Gasteiger partial charge on any atom is -0.490 e. The fraction of sp³-hybridized carbons (Fsp3) is 0.200. The highest BCUT2D eigenvalue weighted by Gasteiger charge is 2.08. The first-order valence-electron chi connectivity index (χ1n) is 5.79. The number of hydrogen-bond donors (Lipinski definition) is 1. The lowest BCUT2D eigenvalue weighted by Gasteiger charge is -2.14. The molecule has 0 spiro atoms. The van der Waals surface area contributed by atoms with Crippen LogP contribution in [0, 0.1) is 6.92 Å². The second-order valence-electron chi connectivity index (χ2n) is 4.15. The molecule has 2 aromatic rings. The van der Waals surface area contributed by atoms with Gasteiger partial charge in [0, 0.05) is 5.02 Å². The molecule has 0 aromatic heterocycles. The zero-order valence-electron chi connectivity index (χ0n) is 10.1. The lowest BCUT2D eigenvalue weighted by Crippen LogP contribution is -2.10. The summed E-state index contributed by atoms with van der Waals surface area (Å²) >= 11 is 5.87. The Morgan fingerprint density at radius 3 is 2.56 bits per heavy atom. The van der Waals surface area contributed by atoms with Gasteiger partial charge in [0.1, 0.15) is 18.5 Å². The van der Waals surface area contributed by atoms with E-state index >= 15 is 0 Å². The van der Waals surface area contributed by atoms with Crippen molar-refractivity contribution in [3.63, 3.8) is 0 Å². The molecule has 3 heteroatoms. The van der Waals surface area contributed by atoms with Crippen LogP contribution in [0.1, 0.15) is 17.2 Å². The van der Waals surface area contributed by atoms with E-state index in [2.05, 4.69) is 0 Å². The van der Waals surface area contributed by atoms with Crippen LogP contribution in [0.2, 0.25) is 5.02 Å². The maximum Gasteiger partial charge on any atom is 0.122 e. The number of aliphatic hydroxyl groups excluding tert-OH is 1. The van der Waals surface area contributed by atoms with Crippen LogP contribution < -0.4 is 4.74 Å². The van der Waals surface area contributed by atoms with Crippen LogP contribution in [0.5, 0.6) is 5.75 Å². The van der Waals surface area contributed by atoms with Crippen molar-refractivity contribution < 1.29 is 9.84 Å². The van der Waals surface area contributed by atoms with Crippen molar-refractivity contribution in [2.75, 3.05) is 6.61 Å². The molecule has 94 valence electrons. The molecule has 0 radical (unpaired) electrons. The molecule has 1 N–H and O–H groups in total. The molecule has 0 fully saturated rings. The first-order chi connectivity index (χ1) is 8.66. The first kappa shape index (κ1) is 12.9. The zero-order chi connectivity index (χ0) is 13.0. The predicted octanol–water partition coefficient (Wildman–Crippen LogP) is 3.76. The average Bonchev–Trinajstić information content (AvgIpc) is 2.38. The summed E-state index contributed by atoms with van der Waals surface area (Å²) in [5.41, 5.74) is 1.81. The maximum absolute atomic E-state index is 9.98. The average molecular weight is 263 g/mol. The fourth-order valence-corrected chi connectivity index (χ4v) is 1.94. The Balaban J connectivity index is 1.99. The Kier molecular flexibility index (Phi) is 4.24. The number of halogens is 1. The summed E-state index contributed by atoms with van der Waals surface area (Å²) in [7, 11) is 0. The van der Waals surface area contributed by atoms with E-state index in [1.54, 1.807) is 6.07 Å². The van der Waals surface area contributed by atoms with Gasteiger partial charge < -0.3 is 9.84 Å². The number of aryl methyl sites for hydroxylation is 1. The summed E-state index contributed by atoms with van der Waals surface area (Å²) in [6.07, 6.45) is -0.624. The minimum atomic E-state index is -0.624. The molecular weight excluding hydrogens is 248 g/mol. The largest absolute Gasteiger partial charge is 0.490 e. The van der Waals surface area contributed by atoms with Gasteiger partial charge in [-0.2, -0.15) is 0 Å². The molecule has 0 aliphatic carbocycles. The topological polar surface area (TPSA) is 29.5 Å². The summed E-state index contributed by atoms with van der Waals surface area (Å²) in [6.45, 7) is 2.16. The van der Waals surface area contributed by atoms with Gasteiger partial charge in [-0.1, -0.05) is 41.9 Å². The smallest absolute Gasteiger partial charge is 0.122 e. The predicted molar refractivity (Wildman–Crippen MR) is 73.1 cm³/mol. The summed E-state index contributed by atoms with van der Waals surface area (Å²) in [6, 6.07) is 14.9. The van der Waals surface area contributed by atoms with Crippen LogP contribution in [0.25, 0.3) is 0 Å². The van der Waals surface area contributed by atoms with Crippen molar-refractivity contribution in [3.8, 4) is 5.75 Å². The molecule has 0 saturated carbocycles. The van der Waals surface area contributed by atoms with Gasteiger partial charge in [-0.15, -0.1) is 0 Å². The van der Waals surface area contributed by atoms with Crippen molar-refractivity contribution in [3.05, 3.63) is 64.7 Å². The highest BCUT2D eigenvalue weighted by molar-refractivity contribution is 6.30. The van der Waals surface area contributed by atoms with Crippen molar-refractivity contribution in [1.82, 2.24) is 0 Å². The van der Waals surface area contributed by atoms with E-state index in [4.69, 9.17) is 16.3 Å². The van der Waals surface area contributed by atoms with E-state index < -0.39 is 6.10 Å². The van der Waals surface area contributed by atoms with E-state index in [0.717, 1.165) is 16.9 Å².